The lowest BCUT2D eigenvalue weighted by atomic mass is 9.97. The summed E-state index contributed by atoms with van der Waals surface area (Å²) in [5, 5.41) is 19.3. The van der Waals surface area contributed by atoms with Gasteiger partial charge < -0.3 is 10.2 Å². The van der Waals surface area contributed by atoms with Crippen LogP contribution in [0.25, 0.3) is 0 Å². The molecule has 20 heavy (non-hydrogen) atoms. The number of phenolic OH excluding ortho intramolecular Hbond substituents is 1. The van der Waals surface area contributed by atoms with Gasteiger partial charge in [0.1, 0.15) is 5.75 Å². The molecule has 2 atom stereocenters. The van der Waals surface area contributed by atoms with Crippen molar-refractivity contribution in [2.45, 2.75) is 45.6 Å². The van der Waals surface area contributed by atoms with Gasteiger partial charge in [-0.3, -0.25) is 9.69 Å². The summed E-state index contributed by atoms with van der Waals surface area (Å²) in [6.45, 7) is 7.01. The van der Waals surface area contributed by atoms with Crippen LogP contribution < -0.4 is 0 Å². The predicted molar refractivity (Wildman–Crippen MR) is 78.1 cm³/mol. The summed E-state index contributed by atoms with van der Waals surface area (Å²) in [7, 11) is 0. The van der Waals surface area contributed by atoms with E-state index < -0.39 is 5.97 Å². The van der Waals surface area contributed by atoms with Crippen molar-refractivity contribution in [2.75, 3.05) is 13.1 Å². The maximum absolute atomic E-state index is 11.1. The average molecular weight is 277 g/mol. The van der Waals surface area contributed by atoms with Gasteiger partial charge in [0.05, 0.1) is 6.54 Å². The summed E-state index contributed by atoms with van der Waals surface area (Å²) in [4.78, 5) is 13.1. The molecule has 0 aliphatic heterocycles. The van der Waals surface area contributed by atoms with Gasteiger partial charge in [0.15, 0.2) is 0 Å². The Bertz CT molecular complexity index is 513. The zero-order chi connectivity index (χ0) is 14.9. The minimum Gasteiger partial charge on any atom is -0.508 e. The highest BCUT2D eigenvalue weighted by molar-refractivity contribution is 5.69. The third kappa shape index (κ3) is 2.66. The summed E-state index contributed by atoms with van der Waals surface area (Å²) < 4.78 is 0. The van der Waals surface area contributed by atoms with E-state index in [-0.39, 0.29) is 12.6 Å². The molecule has 0 fully saturated rings. The third-order valence-electron chi connectivity index (χ3n) is 4.17. The van der Waals surface area contributed by atoms with E-state index in [9.17, 15) is 9.90 Å². The number of hydrogen-bond donors (Lipinski definition) is 2. The van der Waals surface area contributed by atoms with Crippen LogP contribution in [-0.2, 0) is 4.79 Å². The Morgan fingerprint density at radius 3 is 2.70 bits per heavy atom. The van der Waals surface area contributed by atoms with Crippen LogP contribution in [0.5, 0.6) is 5.75 Å². The van der Waals surface area contributed by atoms with Gasteiger partial charge in [-0.2, -0.15) is 0 Å². The average Bonchev–Trinajstić information content (AvgIpc) is 2.72. The number of aryl methyl sites for hydroxylation is 1. The van der Waals surface area contributed by atoms with E-state index in [1.54, 1.807) is 6.07 Å². The first-order valence-corrected chi connectivity index (χ1v) is 7.23. The van der Waals surface area contributed by atoms with Crippen molar-refractivity contribution in [2.24, 2.45) is 0 Å². The number of aromatic hydroxyl groups is 1. The molecule has 0 spiro atoms. The molecule has 2 N–H and O–H groups in total. The molecule has 0 radical (unpaired) electrons. The largest absolute Gasteiger partial charge is 0.508 e. The summed E-state index contributed by atoms with van der Waals surface area (Å²) in [5.41, 5.74) is 3.31. The van der Waals surface area contributed by atoms with Gasteiger partial charge in [0.2, 0.25) is 0 Å². The Hall–Kier alpha value is -1.55. The second-order valence-corrected chi connectivity index (χ2v) is 5.75. The number of hydrogen-bond acceptors (Lipinski definition) is 3. The molecule has 0 saturated heterocycles. The van der Waals surface area contributed by atoms with E-state index in [4.69, 9.17) is 5.11 Å². The molecular weight excluding hydrogens is 254 g/mol. The van der Waals surface area contributed by atoms with E-state index in [1.165, 1.54) is 11.1 Å². The molecule has 1 aromatic carbocycles. The molecule has 0 heterocycles. The number of benzene rings is 1. The zero-order valence-electron chi connectivity index (χ0n) is 12.4. The van der Waals surface area contributed by atoms with E-state index in [2.05, 4.69) is 13.8 Å². The quantitative estimate of drug-likeness (QED) is 0.868. The minimum absolute atomic E-state index is 0.0101. The SMILES string of the molecule is CCCN(CC(=O)O)C1CC(C)c2c(C)ccc(O)c21. The summed E-state index contributed by atoms with van der Waals surface area (Å²) >= 11 is 0. The third-order valence-corrected chi connectivity index (χ3v) is 4.17. The number of rotatable bonds is 5. The highest BCUT2D eigenvalue weighted by atomic mass is 16.4. The molecule has 1 aliphatic rings. The molecule has 2 unspecified atom stereocenters. The lowest BCUT2D eigenvalue weighted by molar-refractivity contribution is -0.139. The number of carbonyl (C=O) groups is 1. The monoisotopic (exact) mass is 277 g/mol. The van der Waals surface area contributed by atoms with Crippen molar-refractivity contribution in [1.82, 2.24) is 4.90 Å². The molecule has 2 rings (SSSR count). The van der Waals surface area contributed by atoms with Gasteiger partial charge in [-0.1, -0.05) is 19.9 Å². The lowest BCUT2D eigenvalue weighted by Crippen LogP contribution is -2.33. The number of nitrogens with zero attached hydrogens (tertiary/aromatic N) is 1. The topological polar surface area (TPSA) is 60.8 Å². The molecule has 4 nitrogen and oxygen atoms in total. The van der Waals surface area contributed by atoms with Gasteiger partial charge >= 0.3 is 5.97 Å². The fourth-order valence-corrected chi connectivity index (χ4v) is 3.45. The van der Waals surface area contributed by atoms with Crippen LogP contribution in [0, 0.1) is 6.92 Å². The first kappa shape index (κ1) is 14.9. The molecule has 110 valence electrons. The summed E-state index contributed by atoms with van der Waals surface area (Å²) in [6.07, 6.45) is 1.78. The smallest absolute Gasteiger partial charge is 0.317 e. The van der Waals surface area contributed by atoms with Crippen LogP contribution in [0.15, 0.2) is 12.1 Å². The molecule has 0 amide bonds. The fraction of sp³-hybridized carbons (Fsp3) is 0.562. The normalized spacial score (nSPS) is 21.2. The zero-order valence-corrected chi connectivity index (χ0v) is 12.4. The fourth-order valence-electron chi connectivity index (χ4n) is 3.45. The van der Waals surface area contributed by atoms with Crippen molar-refractivity contribution >= 4 is 5.97 Å². The molecule has 0 bridgehead atoms. The standard InChI is InChI=1S/C16H23NO3/c1-4-7-17(9-14(19)20)12-8-11(3)15-10(2)5-6-13(18)16(12)15/h5-6,11-12,18H,4,7-9H2,1-3H3,(H,19,20). The molecule has 1 aliphatic carbocycles. The Labute approximate surface area is 120 Å². The van der Waals surface area contributed by atoms with Crippen LogP contribution >= 0.6 is 0 Å². The van der Waals surface area contributed by atoms with E-state index >= 15 is 0 Å². The number of fused-ring (bicyclic) bond motifs is 1. The highest BCUT2D eigenvalue weighted by Crippen LogP contribution is 2.48. The van der Waals surface area contributed by atoms with E-state index in [0.29, 0.717) is 11.7 Å². The predicted octanol–water partition coefficient (Wildman–Crippen LogP) is 3.05. The lowest BCUT2D eigenvalue weighted by Gasteiger charge is -2.28. The summed E-state index contributed by atoms with van der Waals surface area (Å²) in [5.74, 6) is -0.159. The Morgan fingerprint density at radius 2 is 2.10 bits per heavy atom. The van der Waals surface area contributed by atoms with Gasteiger partial charge in [0, 0.05) is 11.6 Å². The van der Waals surface area contributed by atoms with Gasteiger partial charge in [-0.05, 0) is 49.4 Å². The molecular formula is C16H23NO3. The van der Waals surface area contributed by atoms with Crippen molar-refractivity contribution in [3.05, 3.63) is 28.8 Å². The first-order valence-electron chi connectivity index (χ1n) is 7.23. The van der Waals surface area contributed by atoms with Crippen LogP contribution in [-0.4, -0.2) is 34.2 Å². The number of carboxylic acids is 1. The molecule has 0 saturated carbocycles. The van der Waals surface area contributed by atoms with Gasteiger partial charge in [-0.25, -0.2) is 0 Å². The Kier molecular flexibility index (Phi) is 4.33. The molecule has 0 aromatic heterocycles. The van der Waals surface area contributed by atoms with Crippen molar-refractivity contribution in [3.8, 4) is 5.75 Å². The Balaban J connectivity index is 2.41. The van der Waals surface area contributed by atoms with Crippen LogP contribution in [0.1, 0.15) is 55.3 Å². The first-order chi connectivity index (χ1) is 9.45. The number of carboxylic acid groups (broad SMARTS) is 1. The Morgan fingerprint density at radius 1 is 1.40 bits per heavy atom. The summed E-state index contributed by atoms with van der Waals surface area (Å²) in [6, 6.07) is 3.68. The maximum Gasteiger partial charge on any atom is 0.317 e. The van der Waals surface area contributed by atoms with Gasteiger partial charge in [-0.15, -0.1) is 0 Å². The van der Waals surface area contributed by atoms with E-state index in [0.717, 1.165) is 24.9 Å². The van der Waals surface area contributed by atoms with Crippen molar-refractivity contribution < 1.29 is 15.0 Å². The second kappa shape index (κ2) is 5.83. The molecule has 1 aromatic rings. The van der Waals surface area contributed by atoms with Crippen molar-refractivity contribution in [3.63, 3.8) is 0 Å². The van der Waals surface area contributed by atoms with E-state index in [1.807, 2.05) is 17.9 Å². The minimum atomic E-state index is -0.813. The van der Waals surface area contributed by atoms with Crippen LogP contribution in [0.2, 0.25) is 0 Å². The number of phenols is 1. The van der Waals surface area contributed by atoms with Crippen LogP contribution in [0.3, 0.4) is 0 Å². The highest BCUT2D eigenvalue weighted by Gasteiger charge is 2.36. The molecule has 4 heteroatoms. The maximum atomic E-state index is 11.1. The van der Waals surface area contributed by atoms with Crippen molar-refractivity contribution in [1.29, 1.82) is 0 Å². The van der Waals surface area contributed by atoms with Gasteiger partial charge in [0.25, 0.3) is 0 Å². The number of aliphatic carboxylic acids is 1. The van der Waals surface area contributed by atoms with Crippen LogP contribution in [0.4, 0.5) is 0 Å². The second-order valence-electron chi connectivity index (χ2n) is 5.75.